The molecule has 0 radical (unpaired) electrons. The second-order valence-corrected chi connectivity index (χ2v) is 7.61. The second-order valence-electron chi connectivity index (χ2n) is 7.61. The maximum absolute atomic E-state index is 10.0. The van der Waals surface area contributed by atoms with Crippen LogP contribution in [-0.2, 0) is 11.8 Å². The van der Waals surface area contributed by atoms with Crippen molar-refractivity contribution >= 4 is 0 Å². The molecule has 2 aliphatic carbocycles. The van der Waals surface area contributed by atoms with E-state index in [1.165, 1.54) is 62.5 Å². The number of unbranched alkanes of at least 4 members (excludes halogenated alkanes) is 1. The van der Waals surface area contributed by atoms with Gasteiger partial charge in [-0.05, 0) is 61.4 Å². The maximum Gasteiger partial charge on any atom is 0.115 e. The minimum absolute atomic E-state index is 0.172. The molecule has 0 aliphatic heterocycles. The van der Waals surface area contributed by atoms with Gasteiger partial charge >= 0.3 is 0 Å². The molecule has 2 nitrogen and oxygen atoms in total. The lowest BCUT2D eigenvalue weighted by Gasteiger charge is -2.49. The lowest BCUT2D eigenvalue weighted by Crippen LogP contribution is -2.55. The summed E-state index contributed by atoms with van der Waals surface area (Å²) in [5.74, 6) is 1.17. The van der Waals surface area contributed by atoms with Gasteiger partial charge in [0, 0.05) is 11.5 Å². The van der Waals surface area contributed by atoms with E-state index < -0.39 is 0 Å². The summed E-state index contributed by atoms with van der Waals surface area (Å²) in [5, 5.41) is 13.9. The number of phenolic OH excluding ortho intramolecular Hbond substituents is 1. The molecule has 0 spiro atoms. The molecular weight excluding hydrogens is 270 g/mol. The number of fused-ring (bicyclic) bond motifs is 4. The lowest BCUT2D eigenvalue weighted by molar-refractivity contribution is 0.166. The number of aromatic hydroxyl groups is 1. The Morgan fingerprint density at radius 2 is 2.14 bits per heavy atom. The summed E-state index contributed by atoms with van der Waals surface area (Å²) >= 11 is 0. The largest absolute Gasteiger partial charge is 0.508 e. The van der Waals surface area contributed by atoms with E-state index in [2.05, 4.69) is 25.2 Å². The molecule has 1 aromatic carbocycles. The number of hydrogen-bond donors (Lipinski definition) is 2. The predicted octanol–water partition coefficient (Wildman–Crippen LogP) is 4.54. The zero-order valence-corrected chi connectivity index (χ0v) is 14.2. The monoisotopic (exact) mass is 301 g/mol. The van der Waals surface area contributed by atoms with E-state index >= 15 is 0 Å². The van der Waals surface area contributed by atoms with E-state index in [1.807, 2.05) is 12.1 Å². The second kappa shape index (κ2) is 6.62. The van der Waals surface area contributed by atoms with Crippen LogP contribution in [0, 0.1) is 5.92 Å². The molecule has 3 rings (SSSR count). The summed E-state index contributed by atoms with van der Waals surface area (Å²) in [4.78, 5) is 0. The summed E-state index contributed by atoms with van der Waals surface area (Å²) in [6, 6.07) is 6.64. The van der Waals surface area contributed by atoms with Crippen LogP contribution in [0.1, 0.15) is 69.9 Å². The highest BCUT2D eigenvalue weighted by atomic mass is 16.3. The molecule has 1 fully saturated rings. The van der Waals surface area contributed by atoms with Crippen molar-refractivity contribution in [3.63, 3.8) is 0 Å². The van der Waals surface area contributed by atoms with Crippen LogP contribution in [0.25, 0.3) is 0 Å². The molecule has 1 saturated carbocycles. The van der Waals surface area contributed by atoms with Crippen molar-refractivity contribution in [3.8, 4) is 5.75 Å². The van der Waals surface area contributed by atoms with Crippen molar-refractivity contribution in [2.75, 3.05) is 6.54 Å². The Kier molecular flexibility index (Phi) is 4.77. The Morgan fingerprint density at radius 1 is 1.27 bits per heavy atom. The Hall–Kier alpha value is -1.02. The molecule has 2 N–H and O–H groups in total. The normalized spacial score (nSPS) is 31.2. The number of hydrogen-bond acceptors (Lipinski definition) is 2. The third kappa shape index (κ3) is 2.90. The fourth-order valence-corrected chi connectivity index (χ4v) is 4.82. The van der Waals surface area contributed by atoms with E-state index in [0.717, 1.165) is 12.5 Å². The Labute approximate surface area is 135 Å². The van der Waals surface area contributed by atoms with E-state index in [0.29, 0.717) is 11.8 Å². The molecule has 3 atom stereocenters. The van der Waals surface area contributed by atoms with Crippen molar-refractivity contribution in [2.45, 2.75) is 76.7 Å². The summed E-state index contributed by atoms with van der Waals surface area (Å²) in [7, 11) is 0. The molecule has 1 aromatic rings. The summed E-state index contributed by atoms with van der Waals surface area (Å²) in [6.45, 7) is 5.82. The highest BCUT2D eigenvalue weighted by Crippen LogP contribution is 2.47. The van der Waals surface area contributed by atoms with Gasteiger partial charge in [0.1, 0.15) is 5.75 Å². The van der Waals surface area contributed by atoms with Crippen LogP contribution in [0.5, 0.6) is 5.75 Å². The van der Waals surface area contributed by atoms with Crippen molar-refractivity contribution < 1.29 is 5.11 Å². The van der Waals surface area contributed by atoms with Crippen LogP contribution in [0.15, 0.2) is 18.2 Å². The molecule has 122 valence electrons. The van der Waals surface area contributed by atoms with Crippen molar-refractivity contribution in [1.82, 2.24) is 5.32 Å². The Morgan fingerprint density at radius 3 is 2.95 bits per heavy atom. The molecule has 2 aliphatic rings. The topological polar surface area (TPSA) is 32.3 Å². The van der Waals surface area contributed by atoms with Gasteiger partial charge in [-0.15, -0.1) is 0 Å². The number of phenols is 1. The van der Waals surface area contributed by atoms with E-state index in [9.17, 15) is 5.11 Å². The average molecular weight is 301 g/mol. The quantitative estimate of drug-likeness (QED) is 0.800. The van der Waals surface area contributed by atoms with Gasteiger partial charge < -0.3 is 10.4 Å². The van der Waals surface area contributed by atoms with Gasteiger partial charge in [0.15, 0.2) is 0 Å². The summed E-state index contributed by atoms with van der Waals surface area (Å²) in [6.07, 6.45) is 10.3. The standard InChI is InChI=1S/C20H31NO/c1-3-4-12-21-19-16-8-6-5-7-11-20(19,2)18-14-17(22)10-9-15(18)13-16/h9-10,14,16,19,21-22H,3-8,11-13H2,1-2H3/t16-,19-,20+/m0/s1. The first-order chi connectivity index (χ1) is 10.6. The predicted molar refractivity (Wildman–Crippen MR) is 92.4 cm³/mol. The van der Waals surface area contributed by atoms with Crippen molar-refractivity contribution in [1.29, 1.82) is 0 Å². The van der Waals surface area contributed by atoms with Gasteiger partial charge in [-0.3, -0.25) is 0 Å². The van der Waals surface area contributed by atoms with Crippen LogP contribution >= 0.6 is 0 Å². The summed E-state index contributed by atoms with van der Waals surface area (Å²) < 4.78 is 0. The first kappa shape index (κ1) is 15.9. The minimum atomic E-state index is 0.172. The molecule has 0 aromatic heterocycles. The van der Waals surface area contributed by atoms with Crippen LogP contribution in [0.3, 0.4) is 0 Å². The first-order valence-electron chi connectivity index (χ1n) is 9.21. The zero-order chi connectivity index (χ0) is 15.6. The molecule has 2 heteroatoms. The third-order valence-corrected chi connectivity index (χ3v) is 6.01. The van der Waals surface area contributed by atoms with Crippen LogP contribution in [0.2, 0.25) is 0 Å². The van der Waals surface area contributed by atoms with Crippen molar-refractivity contribution in [2.24, 2.45) is 5.92 Å². The Bertz CT molecular complexity index is 512. The molecule has 0 unspecified atom stereocenters. The van der Waals surface area contributed by atoms with E-state index in [1.54, 1.807) is 0 Å². The fourth-order valence-electron chi connectivity index (χ4n) is 4.82. The van der Waals surface area contributed by atoms with E-state index in [-0.39, 0.29) is 5.41 Å². The Balaban J connectivity index is 1.97. The number of benzene rings is 1. The van der Waals surface area contributed by atoms with Crippen LogP contribution < -0.4 is 5.32 Å². The molecule has 0 saturated heterocycles. The minimum Gasteiger partial charge on any atom is -0.508 e. The average Bonchev–Trinajstić information content (AvgIpc) is 2.50. The van der Waals surface area contributed by atoms with Gasteiger partial charge in [0.05, 0.1) is 0 Å². The fraction of sp³-hybridized carbons (Fsp3) is 0.700. The van der Waals surface area contributed by atoms with Gasteiger partial charge in [-0.1, -0.05) is 45.6 Å². The van der Waals surface area contributed by atoms with Gasteiger partial charge in [0.25, 0.3) is 0 Å². The van der Waals surface area contributed by atoms with E-state index in [4.69, 9.17) is 0 Å². The highest BCUT2D eigenvalue weighted by molar-refractivity contribution is 5.44. The number of rotatable bonds is 4. The smallest absolute Gasteiger partial charge is 0.115 e. The molecule has 0 amide bonds. The zero-order valence-electron chi connectivity index (χ0n) is 14.2. The van der Waals surface area contributed by atoms with Gasteiger partial charge in [0.2, 0.25) is 0 Å². The van der Waals surface area contributed by atoms with Crippen LogP contribution in [0.4, 0.5) is 0 Å². The highest BCUT2D eigenvalue weighted by Gasteiger charge is 2.45. The molecular formula is C20H31NO. The summed E-state index contributed by atoms with van der Waals surface area (Å²) in [5.41, 5.74) is 3.05. The van der Waals surface area contributed by atoms with Gasteiger partial charge in [-0.25, -0.2) is 0 Å². The molecule has 2 bridgehead atoms. The maximum atomic E-state index is 10.0. The first-order valence-corrected chi connectivity index (χ1v) is 9.21. The van der Waals surface area contributed by atoms with Gasteiger partial charge in [-0.2, -0.15) is 0 Å². The lowest BCUT2D eigenvalue weighted by atomic mass is 9.59. The SMILES string of the molecule is CCCCN[C@H]1[C@H]2CCCCC[C@]1(C)c1cc(O)ccc1C2. The van der Waals surface area contributed by atoms with Crippen molar-refractivity contribution in [3.05, 3.63) is 29.3 Å². The molecule has 0 heterocycles. The molecule has 22 heavy (non-hydrogen) atoms. The van der Waals surface area contributed by atoms with Crippen LogP contribution in [-0.4, -0.2) is 17.7 Å². The number of nitrogens with one attached hydrogen (secondary N) is 1. The third-order valence-electron chi connectivity index (χ3n) is 6.01.